The fraction of sp³-hybridized carbons (Fsp3) is 0.208. The second-order valence-corrected chi connectivity index (χ2v) is 8.99. The van der Waals surface area contributed by atoms with Gasteiger partial charge in [0, 0.05) is 29.4 Å². The maximum Gasteiger partial charge on any atom is 0.262 e. The molecule has 8 heteroatoms. The van der Waals surface area contributed by atoms with Crippen molar-refractivity contribution < 1.29 is 22.7 Å². The summed E-state index contributed by atoms with van der Waals surface area (Å²) >= 11 is 0. The van der Waals surface area contributed by atoms with E-state index in [2.05, 4.69) is 10.0 Å². The molecule has 1 aliphatic rings. The number of aryl methyl sites for hydroxylation is 1. The lowest BCUT2D eigenvalue weighted by Gasteiger charge is -2.12. The van der Waals surface area contributed by atoms with Crippen LogP contribution in [0, 0.1) is 0 Å². The maximum absolute atomic E-state index is 12.8. The normalized spacial score (nSPS) is 13.2. The molecule has 32 heavy (non-hydrogen) atoms. The predicted molar refractivity (Wildman–Crippen MR) is 123 cm³/mol. The zero-order valence-corrected chi connectivity index (χ0v) is 18.4. The van der Waals surface area contributed by atoms with Crippen LogP contribution in [0.2, 0.25) is 0 Å². The summed E-state index contributed by atoms with van der Waals surface area (Å²) in [5.74, 6) is 0.675. The molecule has 1 amide bonds. The molecule has 3 aromatic rings. The molecule has 1 aliphatic heterocycles. The Morgan fingerprint density at radius 1 is 0.938 bits per heavy atom. The van der Waals surface area contributed by atoms with Crippen molar-refractivity contribution in [2.75, 3.05) is 23.3 Å². The van der Waals surface area contributed by atoms with Crippen molar-refractivity contribution in [3.8, 4) is 11.5 Å². The number of ether oxygens (including phenoxy) is 2. The molecule has 0 saturated carbocycles. The molecule has 2 N–H and O–H groups in total. The van der Waals surface area contributed by atoms with Crippen molar-refractivity contribution in [3.63, 3.8) is 0 Å². The fourth-order valence-corrected chi connectivity index (χ4v) is 4.43. The Hall–Kier alpha value is -3.52. The summed E-state index contributed by atoms with van der Waals surface area (Å²) in [6.07, 6.45) is 1.54. The zero-order chi connectivity index (χ0) is 22.6. The number of nitrogens with one attached hydrogen (secondary N) is 2. The number of fused-ring (bicyclic) bond motifs is 1. The number of amides is 1. The van der Waals surface area contributed by atoms with E-state index in [0.717, 1.165) is 24.1 Å². The Kier molecular flexibility index (Phi) is 6.32. The second-order valence-electron chi connectivity index (χ2n) is 7.31. The molecular weight excluding hydrogens is 428 g/mol. The summed E-state index contributed by atoms with van der Waals surface area (Å²) in [6.45, 7) is 3.02. The van der Waals surface area contributed by atoms with Gasteiger partial charge in [-0.05, 0) is 54.4 Å². The largest absolute Gasteiger partial charge is 0.490 e. The first-order chi connectivity index (χ1) is 15.5. The molecule has 0 aliphatic carbocycles. The number of hydrogen-bond acceptors (Lipinski definition) is 5. The minimum Gasteiger partial charge on any atom is -0.490 e. The first-order valence-corrected chi connectivity index (χ1v) is 11.9. The summed E-state index contributed by atoms with van der Waals surface area (Å²) in [5.41, 5.74) is 2.58. The lowest BCUT2D eigenvalue weighted by atomic mass is 10.1. The van der Waals surface area contributed by atoms with Crippen LogP contribution >= 0.6 is 0 Å². The number of sulfonamides is 1. The van der Waals surface area contributed by atoms with E-state index in [1.54, 1.807) is 30.3 Å². The molecule has 1 heterocycles. The van der Waals surface area contributed by atoms with Gasteiger partial charge >= 0.3 is 0 Å². The van der Waals surface area contributed by atoms with Gasteiger partial charge < -0.3 is 14.8 Å². The van der Waals surface area contributed by atoms with Crippen molar-refractivity contribution in [1.29, 1.82) is 0 Å². The van der Waals surface area contributed by atoms with E-state index in [4.69, 9.17) is 9.47 Å². The quantitative estimate of drug-likeness (QED) is 0.576. The van der Waals surface area contributed by atoms with Crippen LogP contribution in [0.15, 0.2) is 71.6 Å². The highest BCUT2D eigenvalue weighted by Gasteiger charge is 2.19. The van der Waals surface area contributed by atoms with Gasteiger partial charge in [0.1, 0.15) is 0 Å². The second kappa shape index (κ2) is 9.32. The van der Waals surface area contributed by atoms with Crippen molar-refractivity contribution in [2.45, 2.75) is 24.7 Å². The average Bonchev–Trinajstić information content (AvgIpc) is 3.04. The van der Waals surface area contributed by atoms with Crippen LogP contribution in [0.4, 0.5) is 11.4 Å². The summed E-state index contributed by atoms with van der Waals surface area (Å²) in [5, 5.41) is 2.90. The Bertz CT molecular complexity index is 1220. The fourth-order valence-electron chi connectivity index (χ4n) is 3.36. The third-order valence-corrected chi connectivity index (χ3v) is 6.45. The Morgan fingerprint density at radius 3 is 2.41 bits per heavy atom. The molecule has 0 bridgehead atoms. The van der Waals surface area contributed by atoms with Crippen LogP contribution in [-0.4, -0.2) is 27.5 Å². The summed E-state index contributed by atoms with van der Waals surface area (Å²) < 4.78 is 39.3. The van der Waals surface area contributed by atoms with E-state index in [1.807, 2.05) is 31.2 Å². The van der Waals surface area contributed by atoms with Crippen molar-refractivity contribution in [3.05, 3.63) is 77.9 Å². The van der Waals surface area contributed by atoms with Gasteiger partial charge in [0.25, 0.3) is 15.9 Å². The lowest BCUT2D eigenvalue weighted by Crippen LogP contribution is -2.15. The molecule has 0 aromatic heterocycles. The number of carbonyl (C=O) groups is 1. The van der Waals surface area contributed by atoms with Gasteiger partial charge in [-0.3, -0.25) is 9.52 Å². The van der Waals surface area contributed by atoms with E-state index in [-0.39, 0.29) is 10.8 Å². The topological polar surface area (TPSA) is 93.7 Å². The number of para-hydroxylation sites is 1. The SMILES string of the molecule is CCc1ccccc1NC(=O)c1ccc(NS(=O)(=O)c2ccc3c(c2)OCCCO3)cc1. The molecular formula is C24H24N2O5S. The molecule has 0 radical (unpaired) electrons. The van der Waals surface area contributed by atoms with Crippen LogP contribution in [0.3, 0.4) is 0 Å². The van der Waals surface area contributed by atoms with E-state index in [0.29, 0.717) is 36.0 Å². The summed E-state index contributed by atoms with van der Waals surface area (Å²) in [4.78, 5) is 12.7. The molecule has 3 aromatic carbocycles. The molecule has 0 unspecified atom stereocenters. The summed E-state index contributed by atoms with van der Waals surface area (Å²) in [6, 6.07) is 18.4. The summed E-state index contributed by atoms with van der Waals surface area (Å²) in [7, 11) is -3.84. The average molecular weight is 453 g/mol. The maximum atomic E-state index is 12.8. The number of rotatable bonds is 6. The highest BCUT2D eigenvalue weighted by Crippen LogP contribution is 2.32. The monoisotopic (exact) mass is 452 g/mol. The van der Waals surface area contributed by atoms with E-state index >= 15 is 0 Å². The van der Waals surface area contributed by atoms with Crippen LogP contribution in [0.5, 0.6) is 11.5 Å². The van der Waals surface area contributed by atoms with Gasteiger partial charge in [0.2, 0.25) is 0 Å². The number of anilines is 2. The zero-order valence-electron chi connectivity index (χ0n) is 17.6. The van der Waals surface area contributed by atoms with Crippen molar-refractivity contribution in [2.24, 2.45) is 0 Å². The van der Waals surface area contributed by atoms with Gasteiger partial charge in [-0.25, -0.2) is 8.42 Å². The minimum atomic E-state index is -3.84. The van der Waals surface area contributed by atoms with Crippen LogP contribution in [0.25, 0.3) is 0 Å². The number of hydrogen-bond donors (Lipinski definition) is 2. The van der Waals surface area contributed by atoms with Crippen LogP contribution in [0.1, 0.15) is 29.3 Å². The van der Waals surface area contributed by atoms with Gasteiger partial charge in [-0.2, -0.15) is 0 Å². The Labute approximate surface area is 187 Å². The minimum absolute atomic E-state index is 0.0692. The van der Waals surface area contributed by atoms with Gasteiger partial charge in [-0.1, -0.05) is 25.1 Å². The third kappa shape index (κ3) is 4.86. The van der Waals surface area contributed by atoms with E-state index in [9.17, 15) is 13.2 Å². The Morgan fingerprint density at radius 2 is 1.66 bits per heavy atom. The standard InChI is InChI=1S/C24H24N2O5S/c1-2-17-6-3-4-7-21(17)25-24(27)18-8-10-19(11-9-18)26-32(28,29)20-12-13-22-23(16-20)31-15-5-14-30-22/h3-4,6-13,16,26H,2,5,14-15H2,1H3,(H,25,27). The van der Waals surface area contributed by atoms with E-state index in [1.165, 1.54) is 12.1 Å². The predicted octanol–water partition coefficient (Wildman–Crippen LogP) is 4.46. The molecule has 0 atom stereocenters. The molecule has 166 valence electrons. The van der Waals surface area contributed by atoms with Crippen molar-refractivity contribution in [1.82, 2.24) is 0 Å². The number of benzene rings is 3. The molecule has 0 saturated heterocycles. The van der Waals surface area contributed by atoms with Gasteiger partial charge in [0.05, 0.1) is 18.1 Å². The number of carbonyl (C=O) groups excluding carboxylic acids is 1. The highest BCUT2D eigenvalue weighted by atomic mass is 32.2. The molecule has 4 rings (SSSR count). The Balaban J connectivity index is 1.47. The van der Waals surface area contributed by atoms with Gasteiger partial charge in [-0.15, -0.1) is 0 Å². The van der Waals surface area contributed by atoms with Crippen LogP contribution in [-0.2, 0) is 16.4 Å². The lowest BCUT2D eigenvalue weighted by molar-refractivity contribution is 0.102. The molecule has 7 nitrogen and oxygen atoms in total. The highest BCUT2D eigenvalue weighted by molar-refractivity contribution is 7.92. The molecule has 0 spiro atoms. The van der Waals surface area contributed by atoms with E-state index < -0.39 is 10.0 Å². The smallest absolute Gasteiger partial charge is 0.262 e. The van der Waals surface area contributed by atoms with Crippen LogP contribution < -0.4 is 19.5 Å². The first kappa shape index (κ1) is 21.7. The van der Waals surface area contributed by atoms with Gasteiger partial charge in [0.15, 0.2) is 11.5 Å². The first-order valence-electron chi connectivity index (χ1n) is 10.4. The van der Waals surface area contributed by atoms with Crippen molar-refractivity contribution >= 4 is 27.3 Å². The molecule has 0 fully saturated rings. The third-order valence-electron chi connectivity index (χ3n) is 5.08.